The van der Waals surface area contributed by atoms with Crippen LogP contribution in [0.25, 0.3) is 0 Å². The number of nitrogens with zero attached hydrogens (tertiary/aromatic N) is 1. The molecule has 0 spiro atoms. The van der Waals surface area contributed by atoms with E-state index in [1.165, 1.54) is 6.21 Å². The second-order valence-electron chi connectivity index (χ2n) is 10.3. The minimum absolute atomic E-state index is 0.0329. The highest BCUT2D eigenvalue weighted by molar-refractivity contribution is 6.33. The molecule has 0 radical (unpaired) electrons. The molecule has 4 rings (SSSR count). The zero-order valence-corrected chi connectivity index (χ0v) is 23.2. The second-order valence-corrected chi connectivity index (χ2v) is 10.7. The molecule has 0 saturated carbocycles. The van der Waals surface area contributed by atoms with Gasteiger partial charge in [-0.3, -0.25) is 9.59 Å². The minimum Gasteiger partial charge on any atom is -0.483 e. The molecule has 1 atom stereocenters. The van der Waals surface area contributed by atoms with Crippen LogP contribution in [0.15, 0.2) is 76.2 Å². The average molecular weight is 550 g/mol. The third-order valence-corrected chi connectivity index (χ3v) is 6.97. The molecule has 2 aliphatic rings. The van der Waals surface area contributed by atoms with Crippen molar-refractivity contribution in [2.45, 2.75) is 46.5 Å². The number of esters is 1. The summed E-state index contributed by atoms with van der Waals surface area (Å²) in [7, 11) is 0. The molecule has 2 N–H and O–H groups in total. The number of rotatable bonds is 8. The van der Waals surface area contributed by atoms with Crippen LogP contribution in [0.1, 0.15) is 57.6 Å². The van der Waals surface area contributed by atoms with Crippen molar-refractivity contribution in [1.29, 1.82) is 0 Å². The number of Topliss-reactive ketones (excluding diaryl/α,β-unsaturated/α-hetero) is 1. The first-order valence-electron chi connectivity index (χ1n) is 12.8. The van der Waals surface area contributed by atoms with E-state index in [0.717, 1.165) is 5.70 Å². The summed E-state index contributed by atoms with van der Waals surface area (Å²) in [6.07, 6.45) is 2.47. The molecule has 1 aliphatic heterocycles. The van der Waals surface area contributed by atoms with Crippen molar-refractivity contribution in [3.05, 3.63) is 87.2 Å². The zero-order chi connectivity index (χ0) is 28.2. The number of hydrogen-bond donors (Lipinski definition) is 2. The number of amides is 1. The normalized spacial score (nSPS) is 18.5. The number of ether oxygens (including phenoxy) is 2. The Balaban J connectivity index is 1.62. The van der Waals surface area contributed by atoms with Gasteiger partial charge in [0.1, 0.15) is 5.75 Å². The Hall–Kier alpha value is -3.91. The number of dihydropyridines is 1. The van der Waals surface area contributed by atoms with Gasteiger partial charge in [-0.05, 0) is 37.8 Å². The largest absolute Gasteiger partial charge is 0.483 e. The maximum Gasteiger partial charge on any atom is 0.336 e. The van der Waals surface area contributed by atoms with Crippen molar-refractivity contribution >= 4 is 35.5 Å². The topological polar surface area (TPSA) is 106 Å². The minimum atomic E-state index is -0.693. The molecule has 8 nitrogen and oxygen atoms in total. The van der Waals surface area contributed by atoms with E-state index in [-0.39, 0.29) is 24.4 Å². The van der Waals surface area contributed by atoms with Gasteiger partial charge in [0.2, 0.25) is 0 Å². The summed E-state index contributed by atoms with van der Waals surface area (Å²) in [5.74, 6) is -1.33. The van der Waals surface area contributed by atoms with E-state index in [4.69, 9.17) is 21.1 Å². The fourth-order valence-corrected chi connectivity index (χ4v) is 5.19. The number of halogens is 1. The van der Waals surface area contributed by atoms with Gasteiger partial charge in [-0.25, -0.2) is 10.2 Å². The van der Waals surface area contributed by atoms with Crippen molar-refractivity contribution in [3.8, 4) is 5.75 Å². The molecular weight excluding hydrogens is 518 g/mol. The van der Waals surface area contributed by atoms with Gasteiger partial charge in [-0.1, -0.05) is 61.8 Å². The predicted molar refractivity (Wildman–Crippen MR) is 149 cm³/mol. The maximum atomic E-state index is 13.5. The first-order valence-corrected chi connectivity index (χ1v) is 13.2. The van der Waals surface area contributed by atoms with E-state index < -0.39 is 17.8 Å². The highest BCUT2D eigenvalue weighted by Crippen LogP contribution is 2.48. The van der Waals surface area contributed by atoms with Crippen molar-refractivity contribution in [1.82, 2.24) is 10.7 Å². The summed E-state index contributed by atoms with van der Waals surface area (Å²) in [5.41, 5.74) is 5.80. The number of carbonyl (C=O) groups is 3. The van der Waals surface area contributed by atoms with Crippen LogP contribution in [0.3, 0.4) is 0 Å². The molecule has 0 saturated heterocycles. The van der Waals surface area contributed by atoms with Gasteiger partial charge in [-0.15, -0.1) is 0 Å². The van der Waals surface area contributed by atoms with Gasteiger partial charge in [0.05, 0.1) is 24.3 Å². The lowest BCUT2D eigenvalue weighted by molar-refractivity contribution is -0.139. The third-order valence-electron chi connectivity index (χ3n) is 6.62. The summed E-state index contributed by atoms with van der Waals surface area (Å²) in [6.45, 7) is 7.52. The molecule has 1 aliphatic carbocycles. The highest BCUT2D eigenvalue weighted by atomic mass is 35.5. The fraction of sp³-hybridized carbons (Fsp3) is 0.333. The number of benzene rings is 2. The molecule has 39 heavy (non-hydrogen) atoms. The van der Waals surface area contributed by atoms with Gasteiger partial charge in [0, 0.05) is 39.5 Å². The molecule has 0 aromatic heterocycles. The lowest BCUT2D eigenvalue weighted by Crippen LogP contribution is -2.38. The summed E-state index contributed by atoms with van der Waals surface area (Å²) in [6, 6.07) is 14.2. The van der Waals surface area contributed by atoms with Crippen molar-refractivity contribution < 1.29 is 23.9 Å². The van der Waals surface area contributed by atoms with E-state index in [9.17, 15) is 14.4 Å². The molecule has 2 aromatic rings. The van der Waals surface area contributed by atoms with Crippen molar-refractivity contribution in [2.75, 3.05) is 13.2 Å². The lowest BCUT2D eigenvalue weighted by atomic mass is 9.68. The van der Waals surface area contributed by atoms with Crippen LogP contribution < -0.4 is 15.5 Å². The molecule has 2 aromatic carbocycles. The number of nitrogens with one attached hydrogen (secondary N) is 2. The number of para-hydroxylation sites is 1. The summed E-state index contributed by atoms with van der Waals surface area (Å²) < 4.78 is 11.3. The number of hydrazone groups is 1. The number of hydrogen-bond acceptors (Lipinski definition) is 7. The number of ketones is 1. The van der Waals surface area contributed by atoms with Gasteiger partial charge < -0.3 is 14.8 Å². The molecule has 1 amide bonds. The first-order chi connectivity index (χ1) is 18.6. The van der Waals surface area contributed by atoms with Gasteiger partial charge in [0.15, 0.2) is 12.4 Å². The molecule has 0 fully saturated rings. The van der Waals surface area contributed by atoms with E-state index in [0.29, 0.717) is 51.6 Å². The Labute approximate surface area is 233 Å². The van der Waals surface area contributed by atoms with Crippen LogP contribution in [-0.2, 0) is 19.1 Å². The Morgan fingerprint density at radius 1 is 1.15 bits per heavy atom. The van der Waals surface area contributed by atoms with Crippen LogP contribution in [0, 0.1) is 5.41 Å². The maximum absolute atomic E-state index is 13.5. The van der Waals surface area contributed by atoms with Gasteiger partial charge in [-0.2, -0.15) is 5.10 Å². The molecule has 9 heteroatoms. The summed E-state index contributed by atoms with van der Waals surface area (Å²) in [5, 5.41) is 7.77. The van der Waals surface area contributed by atoms with Crippen LogP contribution in [0.4, 0.5) is 0 Å². The molecule has 204 valence electrons. The van der Waals surface area contributed by atoms with Gasteiger partial charge in [0.25, 0.3) is 5.91 Å². The summed E-state index contributed by atoms with van der Waals surface area (Å²) in [4.78, 5) is 39.1. The van der Waals surface area contributed by atoms with Gasteiger partial charge >= 0.3 is 5.97 Å². The van der Waals surface area contributed by atoms with E-state index in [2.05, 4.69) is 29.7 Å². The smallest absolute Gasteiger partial charge is 0.336 e. The molecular formula is C30H32ClN3O5. The lowest BCUT2D eigenvalue weighted by Gasteiger charge is -2.39. The van der Waals surface area contributed by atoms with Crippen LogP contribution in [-0.4, -0.2) is 37.1 Å². The Morgan fingerprint density at radius 2 is 1.87 bits per heavy atom. The summed E-state index contributed by atoms with van der Waals surface area (Å²) >= 11 is 6.11. The zero-order valence-electron chi connectivity index (χ0n) is 22.5. The Bertz CT molecular complexity index is 1390. The van der Waals surface area contributed by atoms with Crippen molar-refractivity contribution in [3.63, 3.8) is 0 Å². The average Bonchev–Trinajstić information content (AvgIpc) is 2.87. The van der Waals surface area contributed by atoms with Crippen LogP contribution in [0.5, 0.6) is 5.75 Å². The monoisotopic (exact) mass is 549 g/mol. The predicted octanol–water partition coefficient (Wildman–Crippen LogP) is 5.04. The number of allylic oxidation sites excluding steroid dienone is 3. The quantitative estimate of drug-likeness (QED) is 0.271. The molecule has 1 unspecified atom stereocenters. The molecule has 0 bridgehead atoms. The molecule has 1 heterocycles. The number of carbonyl (C=O) groups excluding carboxylic acids is 3. The van der Waals surface area contributed by atoms with Crippen LogP contribution >= 0.6 is 11.6 Å². The van der Waals surface area contributed by atoms with E-state index in [1.54, 1.807) is 37.3 Å². The Kier molecular flexibility index (Phi) is 8.55. The van der Waals surface area contributed by atoms with Crippen molar-refractivity contribution in [2.24, 2.45) is 10.5 Å². The third kappa shape index (κ3) is 6.40. The first kappa shape index (κ1) is 28.1. The second kappa shape index (κ2) is 11.9. The standard InChI is InChI=1S/C30H32ClN3O5/c1-5-38-29(37)26-18(2)33-22-14-30(3,4)15-23(35)28(22)27(26)20-11-7-9-13-24(20)39-17-25(36)34-32-16-19-10-6-8-12-21(19)31/h6-13,16,27,33H,5,14-15,17H2,1-4H3,(H,34,36). The van der Waals surface area contributed by atoms with Crippen LogP contribution in [0.2, 0.25) is 5.02 Å². The Morgan fingerprint density at radius 3 is 2.62 bits per heavy atom. The SMILES string of the molecule is CCOC(=O)C1=C(C)NC2=C(C(=O)CC(C)(C)C2)C1c1ccccc1OCC(=O)NN=Cc1ccccc1Cl. The van der Waals surface area contributed by atoms with E-state index >= 15 is 0 Å². The fourth-order valence-electron chi connectivity index (χ4n) is 5.01. The highest BCUT2D eigenvalue weighted by Gasteiger charge is 2.44. The van der Waals surface area contributed by atoms with E-state index in [1.807, 2.05) is 25.1 Å².